The molecule has 0 spiro atoms. The van der Waals surface area contributed by atoms with Crippen molar-refractivity contribution < 1.29 is 4.79 Å². The van der Waals surface area contributed by atoms with Crippen molar-refractivity contribution in [3.8, 4) is 0 Å². The summed E-state index contributed by atoms with van der Waals surface area (Å²) in [5.74, 6) is 0.242. The third-order valence-corrected chi connectivity index (χ3v) is 5.14. The lowest BCUT2D eigenvalue weighted by Gasteiger charge is -2.28. The Bertz CT molecular complexity index is 451. The van der Waals surface area contributed by atoms with Gasteiger partial charge in [-0.3, -0.25) is 4.79 Å². The van der Waals surface area contributed by atoms with Gasteiger partial charge in [-0.05, 0) is 51.8 Å². The average molecular weight is 278 g/mol. The SMILES string of the molecule is Cc1cc(C(=O)N2CCCC2CN2CCCC2)cs1. The van der Waals surface area contributed by atoms with E-state index in [9.17, 15) is 4.79 Å². The van der Waals surface area contributed by atoms with E-state index >= 15 is 0 Å². The Morgan fingerprint density at radius 2 is 2.11 bits per heavy atom. The van der Waals surface area contributed by atoms with Gasteiger partial charge in [0.25, 0.3) is 5.91 Å². The second-order valence-electron chi connectivity index (χ2n) is 5.75. The molecule has 3 nitrogen and oxygen atoms in total. The fraction of sp³-hybridized carbons (Fsp3) is 0.667. The number of nitrogens with zero attached hydrogens (tertiary/aromatic N) is 2. The van der Waals surface area contributed by atoms with E-state index in [-0.39, 0.29) is 5.91 Å². The Hall–Kier alpha value is -0.870. The summed E-state index contributed by atoms with van der Waals surface area (Å²) in [4.78, 5) is 18.4. The first-order valence-corrected chi connectivity index (χ1v) is 8.20. The molecule has 1 aromatic rings. The van der Waals surface area contributed by atoms with E-state index in [0.29, 0.717) is 6.04 Å². The van der Waals surface area contributed by atoms with E-state index < -0.39 is 0 Å². The third-order valence-electron chi connectivity index (χ3n) is 4.28. The van der Waals surface area contributed by atoms with E-state index in [2.05, 4.69) is 16.7 Å². The van der Waals surface area contributed by atoms with Crippen LogP contribution in [0.4, 0.5) is 0 Å². The molecule has 1 atom stereocenters. The van der Waals surface area contributed by atoms with Crippen LogP contribution in [-0.4, -0.2) is 47.9 Å². The van der Waals surface area contributed by atoms with Crippen molar-refractivity contribution in [3.63, 3.8) is 0 Å². The number of rotatable bonds is 3. The Morgan fingerprint density at radius 3 is 2.79 bits per heavy atom. The maximum absolute atomic E-state index is 12.6. The summed E-state index contributed by atoms with van der Waals surface area (Å²) in [7, 11) is 0. The molecule has 1 aromatic heterocycles. The van der Waals surface area contributed by atoms with Crippen molar-refractivity contribution in [2.24, 2.45) is 0 Å². The Kier molecular flexibility index (Phi) is 3.89. The summed E-state index contributed by atoms with van der Waals surface area (Å²) < 4.78 is 0. The minimum Gasteiger partial charge on any atom is -0.334 e. The summed E-state index contributed by atoms with van der Waals surface area (Å²) >= 11 is 1.67. The van der Waals surface area contributed by atoms with Crippen molar-refractivity contribution in [2.75, 3.05) is 26.2 Å². The summed E-state index contributed by atoms with van der Waals surface area (Å²) in [5, 5.41) is 2.00. The minimum absolute atomic E-state index is 0.242. The van der Waals surface area contributed by atoms with Gasteiger partial charge in [-0.25, -0.2) is 0 Å². The van der Waals surface area contributed by atoms with Crippen LogP contribution in [0.15, 0.2) is 11.4 Å². The zero-order chi connectivity index (χ0) is 13.2. The summed E-state index contributed by atoms with van der Waals surface area (Å²) in [6, 6.07) is 2.46. The fourth-order valence-corrected chi connectivity index (χ4v) is 3.95. The van der Waals surface area contributed by atoms with Gasteiger partial charge in [-0.15, -0.1) is 11.3 Å². The number of carbonyl (C=O) groups excluding carboxylic acids is 1. The number of hydrogen-bond acceptors (Lipinski definition) is 3. The molecule has 1 amide bonds. The second kappa shape index (κ2) is 5.63. The van der Waals surface area contributed by atoms with Crippen LogP contribution in [0.2, 0.25) is 0 Å². The first kappa shape index (κ1) is 13.1. The molecule has 2 aliphatic rings. The molecule has 0 bridgehead atoms. The molecule has 0 saturated carbocycles. The summed E-state index contributed by atoms with van der Waals surface area (Å²) in [6.45, 7) is 6.51. The van der Waals surface area contributed by atoms with E-state index in [0.717, 1.165) is 25.1 Å². The number of thiophene rings is 1. The van der Waals surface area contributed by atoms with Crippen molar-refractivity contribution in [1.82, 2.24) is 9.80 Å². The maximum Gasteiger partial charge on any atom is 0.255 e. The molecule has 19 heavy (non-hydrogen) atoms. The number of aryl methyl sites for hydroxylation is 1. The minimum atomic E-state index is 0.242. The van der Waals surface area contributed by atoms with Crippen molar-refractivity contribution in [2.45, 2.75) is 38.6 Å². The predicted molar refractivity (Wildman–Crippen MR) is 78.8 cm³/mol. The van der Waals surface area contributed by atoms with E-state index in [1.54, 1.807) is 11.3 Å². The van der Waals surface area contributed by atoms with Gasteiger partial charge in [0.1, 0.15) is 0 Å². The maximum atomic E-state index is 12.6. The number of carbonyl (C=O) groups is 1. The van der Waals surface area contributed by atoms with E-state index in [1.165, 1.54) is 37.2 Å². The lowest BCUT2D eigenvalue weighted by atomic mass is 10.2. The van der Waals surface area contributed by atoms with Gasteiger partial charge in [0.05, 0.1) is 5.56 Å². The van der Waals surface area contributed by atoms with Crippen LogP contribution in [0.1, 0.15) is 40.9 Å². The molecule has 0 radical (unpaired) electrons. The molecule has 2 aliphatic heterocycles. The monoisotopic (exact) mass is 278 g/mol. The van der Waals surface area contributed by atoms with Crippen LogP contribution in [-0.2, 0) is 0 Å². The van der Waals surface area contributed by atoms with Gasteiger partial charge in [-0.2, -0.15) is 0 Å². The fourth-order valence-electron chi connectivity index (χ4n) is 3.28. The van der Waals surface area contributed by atoms with Crippen LogP contribution < -0.4 is 0 Å². The Morgan fingerprint density at radius 1 is 1.32 bits per heavy atom. The number of likely N-dealkylation sites (tertiary alicyclic amines) is 2. The average Bonchev–Trinajstić information content (AvgIpc) is 3.10. The second-order valence-corrected chi connectivity index (χ2v) is 6.86. The Balaban J connectivity index is 1.66. The zero-order valence-corrected chi connectivity index (χ0v) is 12.4. The molecule has 0 aromatic carbocycles. The van der Waals surface area contributed by atoms with Crippen LogP contribution in [0.25, 0.3) is 0 Å². The van der Waals surface area contributed by atoms with Crippen LogP contribution in [0.3, 0.4) is 0 Å². The van der Waals surface area contributed by atoms with E-state index in [1.807, 2.05) is 11.4 Å². The number of hydrogen-bond donors (Lipinski definition) is 0. The molecular weight excluding hydrogens is 256 g/mol. The highest BCUT2D eigenvalue weighted by Gasteiger charge is 2.31. The lowest BCUT2D eigenvalue weighted by molar-refractivity contribution is 0.0709. The molecule has 0 aliphatic carbocycles. The molecule has 4 heteroatoms. The molecular formula is C15H22N2OS. The highest BCUT2D eigenvalue weighted by atomic mass is 32.1. The Labute approximate surface area is 119 Å². The first-order valence-electron chi connectivity index (χ1n) is 7.32. The summed E-state index contributed by atoms with van der Waals surface area (Å²) in [6.07, 6.45) is 4.98. The molecule has 2 saturated heterocycles. The smallest absolute Gasteiger partial charge is 0.255 e. The molecule has 0 N–H and O–H groups in total. The van der Waals surface area contributed by atoms with Crippen LogP contribution in [0, 0.1) is 6.92 Å². The highest BCUT2D eigenvalue weighted by Crippen LogP contribution is 2.24. The molecule has 2 fully saturated rings. The van der Waals surface area contributed by atoms with Crippen molar-refractivity contribution in [3.05, 3.63) is 21.9 Å². The summed E-state index contributed by atoms with van der Waals surface area (Å²) in [5.41, 5.74) is 0.885. The van der Waals surface area contributed by atoms with Crippen LogP contribution >= 0.6 is 11.3 Å². The van der Waals surface area contributed by atoms with Gasteiger partial charge in [0, 0.05) is 29.4 Å². The lowest BCUT2D eigenvalue weighted by Crippen LogP contribution is -2.42. The van der Waals surface area contributed by atoms with E-state index in [4.69, 9.17) is 0 Å². The first-order chi connectivity index (χ1) is 9.24. The van der Waals surface area contributed by atoms with Gasteiger partial charge < -0.3 is 9.80 Å². The topological polar surface area (TPSA) is 23.6 Å². The predicted octanol–water partition coefficient (Wildman–Crippen LogP) is 2.76. The van der Waals surface area contributed by atoms with Crippen molar-refractivity contribution in [1.29, 1.82) is 0 Å². The normalized spacial score (nSPS) is 24.3. The molecule has 3 rings (SSSR count). The van der Waals surface area contributed by atoms with Gasteiger partial charge in [-0.1, -0.05) is 0 Å². The standard InChI is InChI=1S/C15H22N2OS/c1-12-9-13(11-19-12)15(18)17-8-4-5-14(17)10-16-6-2-3-7-16/h9,11,14H,2-8,10H2,1H3. The number of amides is 1. The van der Waals surface area contributed by atoms with Crippen molar-refractivity contribution >= 4 is 17.2 Å². The van der Waals surface area contributed by atoms with Gasteiger partial charge >= 0.3 is 0 Å². The quantitative estimate of drug-likeness (QED) is 0.849. The van der Waals surface area contributed by atoms with Gasteiger partial charge in [0.15, 0.2) is 0 Å². The zero-order valence-electron chi connectivity index (χ0n) is 11.6. The highest BCUT2D eigenvalue weighted by molar-refractivity contribution is 7.10. The molecule has 104 valence electrons. The third kappa shape index (κ3) is 2.84. The largest absolute Gasteiger partial charge is 0.334 e. The molecule has 1 unspecified atom stereocenters. The van der Waals surface area contributed by atoms with Gasteiger partial charge in [0.2, 0.25) is 0 Å². The molecule has 3 heterocycles. The van der Waals surface area contributed by atoms with Crippen LogP contribution in [0.5, 0.6) is 0 Å².